The largest absolute Gasteiger partial charge is 0.478 e. The molecule has 148 valence electrons. The second kappa shape index (κ2) is 9.14. The molecule has 0 radical (unpaired) electrons. The van der Waals surface area contributed by atoms with Gasteiger partial charge in [0.1, 0.15) is 25.3 Å². The van der Waals surface area contributed by atoms with Crippen LogP contribution in [0.2, 0.25) is 0 Å². The highest BCUT2D eigenvalue weighted by Gasteiger charge is 2.25. The Morgan fingerprint density at radius 3 is 1.97 bits per heavy atom. The summed E-state index contributed by atoms with van der Waals surface area (Å²) >= 11 is 5.58. The van der Waals surface area contributed by atoms with E-state index < -0.39 is 0 Å². The van der Waals surface area contributed by atoms with E-state index in [1.54, 1.807) is 0 Å². The number of hydrogen-bond donors (Lipinski definition) is 0. The van der Waals surface area contributed by atoms with Crippen LogP contribution in [0.1, 0.15) is 30.4 Å². The van der Waals surface area contributed by atoms with Gasteiger partial charge in [-0.25, -0.2) is 9.98 Å². The average molecular weight is 405 g/mol. The number of ether oxygens (including phenoxy) is 2. The first kappa shape index (κ1) is 19.5. The first-order valence-electron chi connectivity index (χ1n) is 9.93. The van der Waals surface area contributed by atoms with E-state index in [9.17, 15) is 0 Å². The van der Waals surface area contributed by atoms with Crippen LogP contribution in [0.15, 0.2) is 77.2 Å². The first-order chi connectivity index (χ1) is 14.2. The second-order valence-corrected chi connectivity index (χ2v) is 7.61. The Kier molecular flexibility index (Phi) is 6.15. The van der Waals surface area contributed by atoms with Gasteiger partial charge in [0.15, 0.2) is 11.8 Å². The van der Waals surface area contributed by atoms with Crippen LogP contribution in [0.4, 0.5) is 0 Å². The Labute approximate surface area is 177 Å². The van der Waals surface area contributed by atoms with Gasteiger partial charge in [-0.3, -0.25) is 0 Å². The Morgan fingerprint density at radius 1 is 0.828 bits per heavy atom. The van der Waals surface area contributed by atoms with Crippen molar-refractivity contribution >= 4 is 34.5 Å². The number of aliphatic imine (C=N–C) groups is 2. The smallest absolute Gasteiger partial charge is 0.184 e. The highest BCUT2D eigenvalue weighted by Crippen LogP contribution is 2.24. The Hall–Kier alpha value is -2.79. The summed E-state index contributed by atoms with van der Waals surface area (Å²) in [6, 6.07) is 20.1. The highest BCUT2D eigenvalue weighted by molar-refractivity contribution is 7.81. The van der Waals surface area contributed by atoms with Crippen LogP contribution in [0.25, 0.3) is 5.57 Å². The summed E-state index contributed by atoms with van der Waals surface area (Å²) in [6.07, 6.45) is 2.42. The molecule has 0 saturated heterocycles. The Bertz CT molecular complexity index is 860. The lowest BCUT2D eigenvalue weighted by Gasteiger charge is -2.08. The molecule has 0 N–H and O–H groups in total. The molecule has 4 rings (SSSR count). The van der Waals surface area contributed by atoms with E-state index in [1.807, 2.05) is 48.5 Å². The van der Waals surface area contributed by atoms with Crippen molar-refractivity contribution in [2.24, 2.45) is 9.98 Å². The van der Waals surface area contributed by atoms with Gasteiger partial charge in [-0.05, 0) is 23.1 Å². The van der Waals surface area contributed by atoms with Crippen LogP contribution >= 0.6 is 12.2 Å². The summed E-state index contributed by atoms with van der Waals surface area (Å²) in [5, 5.41) is 0. The van der Waals surface area contributed by atoms with Gasteiger partial charge >= 0.3 is 0 Å². The van der Waals surface area contributed by atoms with Gasteiger partial charge in [-0.1, -0.05) is 79.5 Å². The molecule has 2 aliphatic rings. The van der Waals surface area contributed by atoms with Crippen molar-refractivity contribution in [1.29, 1.82) is 0 Å². The topological polar surface area (TPSA) is 43.2 Å². The number of nitrogens with zero attached hydrogens (tertiary/aromatic N) is 2. The molecule has 5 heteroatoms. The van der Waals surface area contributed by atoms with Crippen molar-refractivity contribution in [2.45, 2.75) is 31.3 Å². The molecular weight excluding hydrogens is 380 g/mol. The van der Waals surface area contributed by atoms with Crippen LogP contribution in [0.5, 0.6) is 0 Å². The molecular formula is C24H24N2O2S. The summed E-state index contributed by atoms with van der Waals surface area (Å²) in [6.45, 7) is 5.29. The molecule has 2 atom stereocenters. The highest BCUT2D eigenvalue weighted by atomic mass is 32.1. The molecule has 0 aliphatic carbocycles. The normalized spacial score (nSPS) is 20.4. The van der Waals surface area contributed by atoms with E-state index in [0.29, 0.717) is 13.2 Å². The molecule has 0 bridgehead atoms. The van der Waals surface area contributed by atoms with Gasteiger partial charge in [-0.15, -0.1) is 0 Å². The van der Waals surface area contributed by atoms with E-state index in [4.69, 9.17) is 26.7 Å². The average Bonchev–Trinajstić information content (AvgIpc) is 3.44. The molecule has 0 amide bonds. The maximum absolute atomic E-state index is 5.78. The Balaban J connectivity index is 1.26. The lowest BCUT2D eigenvalue weighted by atomic mass is 10.0. The van der Waals surface area contributed by atoms with Crippen molar-refractivity contribution in [3.05, 3.63) is 78.4 Å². The molecule has 2 aromatic rings. The SMILES string of the molecule is C=C(c1ccccc1)C1COC(CCCC2=NC(C(=S)c3ccccc3)CO2)=N1. The van der Waals surface area contributed by atoms with E-state index in [2.05, 4.69) is 23.7 Å². The van der Waals surface area contributed by atoms with Crippen molar-refractivity contribution < 1.29 is 9.47 Å². The third kappa shape index (κ3) is 4.80. The summed E-state index contributed by atoms with van der Waals surface area (Å²) in [5.41, 5.74) is 3.15. The van der Waals surface area contributed by atoms with Crippen LogP contribution in [0.3, 0.4) is 0 Å². The fraction of sp³-hybridized carbons (Fsp3) is 0.292. The van der Waals surface area contributed by atoms with Crippen molar-refractivity contribution in [3.63, 3.8) is 0 Å². The van der Waals surface area contributed by atoms with E-state index >= 15 is 0 Å². The van der Waals surface area contributed by atoms with E-state index in [-0.39, 0.29) is 12.1 Å². The minimum absolute atomic E-state index is 0.0000903. The maximum Gasteiger partial charge on any atom is 0.184 e. The Morgan fingerprint density at radius 2 is 1.34 bits per heavy atom. The zero-order valence-electron chi connectivity index (χ0n) is 16.3. The molecule has 2 heterocycles. The minimum Gasteiger partial charge on any atom is -0.478 e. The summed E-state index contributed by atoms with van der Waals surface area (Å²) < 4.78 is 11.5. The van der Waals surface area contributed by atoms with Gasteiger partial charge < -0.3 is 9.47 Å². The van der Waals surface area contributed by atoms with Gasteiger partial charge in [0, 0.05) is 12.8 Å². The third-order valence-electron chi connectivity index (χ3n) is 5.10. The predicted molar refractivity (Wildman–Crippen MR) is 122 cm³/mol. The fourth-order valence-corrected chi connectivity index (χ4v) is 3.72. The second-order valence-electron chi connectivity index (χ2n) is 7.17. The summed E-state index contributed by atoms with van der Waals surface area (Å²) in [5.74, 6) is 1.57. The molecule has 29 heavy (non-hydrogen) atoms. The van der Waals surface area contributed by atoms with Crippen LogP contribution in [0, 0.1) is 0 Å². The van der Waals surface area contributed by atoms with Gasteiger partial charge in [-0.2, -0.15) is 0 Å². The molecule has 4 nitrogen and oxygen atoms in total. The first-order valence-corrected chi connectivity index (χ1v) is 10.3. The standard InChI is InChI=1S/C24H24N2O2S/c1-17(18-9-4-2-5-10-18)20-15-27-22(25-20)13-8-14-23-26-21(16-28-23)24(29)19-11-6-3-7-12-19/h2-7,9-12,20-21H,1,8,13-16H2. The lowest BCUT2D eigenvalue weighted by Crippen LogP contribution is -2.18. The summed E-state index contributed by atoms with van der Waals surface area (Å²) in [7, 11) is 0. The lowest BCUT2D eigenvalue weighted by molar-refractivity contribution is 0.319. The zero-order valence-corrected chi connectivity index (χ0v) is 17.1. The summed E-state index contributed by atoms with van der Waals surface area (Å²) in [4.78, 5) is 10.2. The molecule has 2 unspecified atom stereocenters. The zero-order chi connectivity index (χ0) is 20.1. The number of thiocarbonyl (C=S) groups is 1. The van der Waals surface area contributed by atoms with E-state index in [1.165, 1.54) is 0 Å². The number of hydrogen-bond acceptors (Lipinski definition) is 5. The molecule has 0 spiro atoms. The molecule has 0 saturated carbocycles. The fourth-order valence-electron chi connectivity index (χ4n) is 3.46. The van der Waals surface area contributed by atoms with Crippen LogP contribution in [-0.4, -0.2) is 42.0 Å². The van der Waals surface area contributed by atoms with Gasteiger partial charge in [0.25, 0.3) is 0 Å². The monoisotopic (exact) mass is 404 g/mol. The van der Waals surface area contributed by atoms with Crippen molar-refractivity contribution in [2.75, 3.05) is 13.2 Å². The molecule has 2 aliphatic heterocycles. The van der Waals surface area contributed by atoms with E-state index in [0.717, 1.165) is 52.6 Å². The van der Waals surface area contributed by atoms with Gasteiger partial charge in [0.05, 0.1) is 4.86 Å². The van der Waals surface area contributed by atoms with Crippen molar-refractivity contribution in [1.82, 2.24) is 0 Å². The van der Waals surface area contributed by atoms with Gasteiger partial charge in [0.2, 0.25) is 0 Å². The minimum atomic E-state index is -0.0685. The quantitative estimate of drug-likeness (QED) is 0.465. The van der Waals surface area contributed by atoms with Crippen LogP contribution < -0.4 is 0 Å². The van der Waals surface area contributed by atoms with Crippen molar-refractivity contribution in [3.8, 4) is 0 Å². The molecule has 0 fully saturated rings. The van der Waals surface area contributed by atoms with Crippen LogP contribution in [-0.2, 0) is 9.47 Å². The molecule has 0 aromatic heterocycles. The predicted octanol–water partition coefficient (Wildman–Crippen LogP) is 4.88. The number of benzene rings is 2. The number of rotatable bonds is 8. The maximum atomic E-state index is 5.78. The molecule has 2 aromatic carbocycles. The third-order valence-corrected chi connectivity index (χ3v) is 5.61.